The van der Waals surface area contributed by atoms with Crippen molar-refractivity contribution in [2.45, 2.75) is 25.6 Å². The van der Waals surface area contributed by atoms with Gasteiger partial charge in [-0.1, -0.05) is 30.3 Å². The fourth-order valence-corrected chi connectivity index (χ4v) is 3.09. The quantitative estimate of drug-likeness (QED) is 0.878. The molecule has 0 spiro atoms. The zero-order valence-corrected chi connectivity index (χ0v) is 12.4. The van der Waals surface area contributed by atoms with E-state index < -0.39 is 0 Å². The van der Waals surface area contributed by atoms with Crippen LogP contribution in [0.2, 0.25) is 0 Å². The summed E-state index contributed by atoms with van der Waals surface area (Å²) in [5.74, 6) is -0.226. The number of hydroxylamine groups is 1. The van der Waals surface area contributed by atoms with E-state index in [1.165, 1.54) is 11.3 Å². The largest absolute Gasteiger partial charge is 0.350 e. The molecular weight excluding hydrogens is 286 g/mol. The minimum Gasteiger partial charge on any atom is -0.350 e. The van der Waals surface area contributed by atoms with Crippen LogP contribution in [0.5, 0.6) is 0 Å². The predicted octanol–water partition coefficient (Wildman–Crippen LogP) is 3.60. The molecule has 0 bridgehead atoms. The van der Waals surface area contributed by atoms with E-state index in [9.17, 15) is 4.79 Å². The van der Waals surface area contributed by atoms with E-state index in [2.05, 4.69) is 5.48 Å². The maximum absolute atomic E-state index is 12.1. The van der Waals surface area contributed by atoms with Crippen LogP contribution in [0.4, 0.5) is 0 Å². The topological polar surface area (TPSA) is 47.6 Å². The second-order valence-corrected chi connectivity index (χ2v) is 5.96. The summed E-state index contributed by atoms with van der Waals surface area (Å²) in [4.78, 5) is 19.0. The average Bonchev–Trinajstić information content (AvgIpc) is 3.04. The number of carbonyl (C=O) groups excluding carboxylic acids is 1. The molecular formula is C16H17NO3S. The van der Waals surface area contributed by atoms with Gasteiger partial charge in [-0.2, -0.15) is 0 Å². The van der Waals surface area contributed by atoms with Crippen LogP contribution in [0.25, 0.3) is 10.4 Å². The van der Waals surface area contributed by atoms with Crippen molar-refractivity contribution >= 4 is 17.2 Å². The summed E-state index contributed by atoms with van der Waals surface area (Å²) < 4.78 is 5.41. The van der Waals surface area contributed by atoms with Gasteiger partial charge >= 0.3 is 0 Å². The Balaban J connectivity index is 1.59. The van der Waals surface area contributed by atoms with Crippen molar-refractivity contribution in [3.63, 3.8) is 0 Å². The highest BCUT2D eigenvalue weighted by Crippen LogP contribution is 2.27. The Morgan fingerprint density at radius 3 is 2.81 bits per heavy atom. The molecule has 1 N–H and O–H groups in total. The number of hydrogen-bond acceptors (Lipinski definition) is 4. The van der Waals surface area contributed by atoms with Gasteiger partial charge in [0, 0.05) is 17.9 Å². The normalized spacial score (nSPS) is 18.4. The van der Waals surface area contributed by atoms with Crippen molar-refractivity contribution in [1.82, 2.24) is 5.48 Å². The zero-order chi connectivity index (χ0) is 14.5. The lowest BCUT2D eigenvalue weighted by Crippen LogP contribution is -2.32. The summed E-state index contributed by atoms with van der Waals surface area (Å²) in [5.41, 5.74) is 3.59. The molecule has 1 aliphatic heterocycles. The molecule has 0 aliphatic carbocycles. The Morgan fingerprint density at radius 1 is 1.19 bits per heavy atom. The maximum Gasteiger partial charge on any atom is 0.285 e. The van der Waals surface area contributed by atoms with Crippen LogP contribution < -0.4 is 5.48 Å². The maximum atomic E-state index is 12.1. The number of hydrogen-bond donors (Lipinski definition) is 1. The SMILES string of the molecule is O=C(NOC1CCCCO1)c1ccc(-c2ccccc2)s1. The zero-order valence-electron chi connectivity index (χ0n) is 11.6. The standard InChI is InChI=1S/C16H17NO3S/c18-16(17-20-15-8-4-5-11-19-15)14-10-9-13(21-14)12-6-2-1-3-7-12/h1-3,6-7,9-10,15H,4-5,8,11H2,(H,17,18). The Kier molecular flexibility index (Phi) is 4.65. The molecule has 4 nitrogen and oxygen atoms in total. The van der Waals surface area contributed by atoms with Crippen molar-refractivity contribution in [3.8, 4) is 10.4 Å². The number of carbonyl (C=O) groups is 1. The van der Waals surface area contributed by atoms with Crippen molar-refractivity contribution < 1.29 is 14.4 Å². The molecule has 1 fully saturated rings. The molecule has 2 heterocycles. The minimum absolute atomic E-state index is 0.226. The number of rotatable bonds is 4. The lowest BCUT2D eigenvalue weighted by Gasteiger charge is -2.21. The van der Waals surface area contributed by atoms with E-state index in [0.29, 0.717) is 11.5 Å². The second kappa shape index (κ2) is 6.85. The van der Waals surface area contributed by atoms with E-state index in [4.69, 9.17) is 9.57 Å². The molecule has 1 aromatic heterocycles. The van der Waals surface area contributed by atoms with Crippen LogP contribution >= 0.6 is 11.3 Å². The summed E-state index contributed by atoms with van der Waals surface area (Å²) in [6, 6.07) is 13.8. The van der Waals surface area contributed by atoms with Gasteiger partial charge in [0.2, 0.25) is 0 Å². The fraction of sp³-hybridized carbons (Fsp3) is 0.312. The van der Waals surface area contributed by atoms with Gasteiger partial charge in [-0.05, 0) is 30.5 Å². The summed E-state index contributed by atoms with van der Waals surface area (Å²) >= 11 is 1.45. The monoisotopic (exact) mass is 303 g/mol. The van der Waals surface area contributed by atoms with Crippen LogP contribution in [0.3, 0.4) is 0 Å². The molecule has 1 amide bonds. The summed E-state index contributed by atoms with van der Waals surface area (Å²) in [5, 5.41) is 0. The van der Waals surface area contributed by atoms with Crippen LogP contribution in [0.1, 0.15) is 28.9 Å². The molecule has 1 aromatic carbocycles. The van der Waals surface area contributed by atoms with Gasteiger partial charge in [0.15, 0.2) is 6.29 Å². The lowest BCUT2D eigenvalue weighted by atomic mass is 10.2. The third-order valence-corrected chi connectivity index (χ3v) is 4.44. The molecule has 1 saturated heterocycles. The van der Waals surface area contributed by atoms with Crippen molar-refractivity contribution in [1.29, 1.82) is 0 Å². The van der Waals surface area contributed by atoms with Gasteiger partial charge in [-0.25, -0.2) is 10.3 Å². The van der Waals surface area contributed by atoms with Crippen LogP contribution in [-0.4, -0.2) is 18.8 Å². The van der Waals surface area contributed by atoms with E-state index in [1.807, 2.05) is 42.5 Å². The van der Waals surface area contributed by atoms with Crippen LogP contribution in [0, 0.1) is 0 Å². The Hall–Kier alpha value is -1.69. The molecule has 110 valence electrons. The number of thiophene rings is 1. The molecule has 1 aliphatic rings. The van der Waals surface area contributed by atoms with Crippen molar-refractivity contribution in [2.24, 2.45) is 0 Å². The first kappa shape index (κ1) is 14.3. The van der Waals surface area contributed by atoms with E-state index in [-0.39, 0.29) is 12.2 Å². The number of amides is 1. The highest BCUT2D eigenvalue weighted by molar-refractivity contribution is 7.17. The van der Waals surface area contributed by atoms with Gasteiger partial charge < -0.3 is 4.74 Å². The van der Waals surface area contributed by atoms with Gasteiger partial charge in [0.25, 0.3) is 5.91 Å². The van der Waals surface area contributed by atoms with Crippen molar-refractivity contribution in [2.75, 3.05) is 6.61 Å². The minimum atomic E-state index is -0.323. The molecule has 3 rings (SSSR count). The van der Waals surface area contributed by atoms with Gasteiger partial charge in [0.05, 0.1) is 4.88 Å². The van der Waals surface area contributed by atoms with E-state index in [1.54, 1.807) is 0 Å². The molecule has 21 heavy (non-hydrogen) atoms. The van der Waals surface area contributed by atoms with Crippen LogP contribution in [-0.2, 0) is 9.57 Å². The first-order valence-electron chi connectivity index (χ1n) is 7.06. The van der Waals surface area contributed by atoms with Crippen molar-refractivity contribution in [3.05, 3.63) is 47.3 Å². The number of ether oxygens (including phenoxy) is 1. The molecule has 0 radical (unpaired) electrons. The fourth-order valence-electron chi connectivity index (χ4n) is 2.19. The Labute approximate surface area is 127 Å². The molecule has 0 saturated carbocycles. The van der Waals surface area contributed by atoms with Gasteiger partial charge in [0.1, 0.15) is 0 Å². The number of benzene rings is 1. The predicted molar refractivity (Wildman–Crippen MR) is 81.9 cm³/mol. The average molecular weight is 303 g/mol. The molecule has 2 aromatic rings. The third kappa shape index (κ3) is 3.69. The number of nitrogens with one attached hydrogen (secondary N) is 1. The Morgan fingerprint density at radius 2 is 2.05 bits per heavy atom. The Bertz CT molecular complexity index is 591. The molecule has 5 heteroatoms. The highest BCUT2D eigenvalue weighted by Gasteiger charge is 2.17. The van der Waals surface area contributed by atoms with Gasteiger partial charge in [-0.3, -0.25) is 4.79 Å². The van der Waals surface area contributed by atoms with E-state index >= 15 is 0 Å². The van der Waals surface area contributed by atoms with Crippen LogP contribution in [0.15, 0.2) is 42.5 Å². The summed E-state index contributed by atoms with van der Waals surface area (Å²) in [6.07, 6.45) is 2.62. The lowest BCUT2D eigenvalue weighted by molar-refractivity contribution is -0.186. The third-order valence-electron chi connectivity index (χ3n) is 3.31. The van der Waals surface area contributed by atoms with E-state index in [0.717, 1.165) is 29.7 Å². The summed E-state index contributed by atoms with van der Waals surface area (Å²) in [6.45, 7) is 0.692. The summed E-state index contributed by atoms with van der Waals surface area (Å²) in [7, 11) is 0. The molecule has 1 unspecified atom stereocenters. The molecule has 1 atom stereocenters. The second-order valence-electron chi connectivity index (χ2n) is 4.88. The van der Waals surface area contributed by atoms with Gasteiger partial charge in [-0.15, -0.1) is 11.3 Å². The first-order valence-corrected chi connectivity index (χ1v) is 7.87. The highest BCUT2D eigenvalue weighted by atomic mass is 32.1. The first-order chi connectivity index (χ1) is 10.3. The smallest absolute Gasteiger partial charge is 0.285 e.